The van der Waals surface area contributed by atoms with Gasteiger partial charge in [-0.2, -0.15) is 0 Å². The van der Waals surface area contributed by atoms with E-state index in [-0.39, 0.29) is 6.04 Å². The zero-order valence-electron chi connectivity index (χ0n) is 12.2. The average Bonchev–Trinajstić information content (AvgIpc) is 2.72. The van der Waals surface area contributed by atoms with Crippen LogP contribution in [0.2, 0.25) is 0 Å². The van der Waals surface area contributed by atoms with Gasteiger partial charge in [0.25, 0.3) is 0 Å². The van der Waals surface area contributed by atoms with Crippen molar-refractivity contribution in [3.63, 3.8) is 0 Å². The Labute approximate surface area is 126 Å². The van der Waals surface area contributed by atoms with E-state index in [1.54, 1.807) is 0 Å². The number of hydrogen-bond acceptors (Lipinski definition) is 2. The van der Waals surface area contributed by atoms with Crippen molar-refractivity contribution in [1.82, 2.24) is 4.90 Å². The molecule has 1 fully saturated rings. The van der Waals surface area contributed by atoms with Gasteiger partial charge in [0.1, 0.15) is 11.9 Å². The molecule has 3 aliphatic rings. The van der Waals surface area contributed by atoms with Gasteiger partial charge in [-0.15, -0.1) is 0 Å². The summed E-state index contributed by atoms with van der Waals surface area (Å²) >= 11 is 0. The lowest BCUT2D eigenvalue weighted by Crippen LogP contribution is -2.30. The predicted octanol–water partition coefficient (Wildman–Crippen LogP) is 4.40. The first-order chi connectivity index (χ1) is 10.4. The van der Waals surface area contributed by atoms with Crippen LogP contribution in [-0.2, 0) is 0 Å². The summed E-state index contributed by atoms with van der Waals surface area (Å²) < 4.78 is 0. The van der Waals surface area contributed by atoms with E-state index in [1.165, 1.54) is 35.4 Å². The third-order valence-electron chi connectivity index (χ3n) is 4.50. The molecule has 1 aromatic rings. The number of hydrogen-bond donors (Lipinski definition) is 0. The molecule has 0 saturated carbocycles. The maximum atomic E-state index is 5.14. The number of nitrogens with zero attached hydrogens (tertiary/aromatic N) is 2. The fraction of sp³-hybridized carbons (Fsp3) is 0.316. The number of fused-ring (bicyclic) bond motifs is 2. The summed E-state index contributed by atoms with van der Waals surface area (Å²) in [5.41, 5.74) is 4.09. The Morgan fingerprint density at radius 3 is 2.90 bits per heavy atom. The van der Waals surface area contributed by atoms with E-state index in [1.807, 2.05) is 0 Å². The normalized spacial score (nSPS) is 24.3. The zero-order valence-corrected chi connectivity index (χ0v) is 12.2. The third-order valence-corrected chi connectivity index (χ3v) is 4.50. The lowest BCUT2D eigenvalue weighted by molar-refractivity contribution is 0.467. The Kier molecular flexibility index (Phi) is 3.23. The maximum Gasteiger partial charge on any atom is 0.104 e. The summed E-state index contributed by atoms with van der Waals surface area (Å²) in [4.78, 5) is 7.52. The number of amidine groups is 1. The largest absolute Gasteiger partial charge is 0.336 e. The van der Waals surface area contributed by atoms with E-state index in [0.717, 1.165) is 19.4 Å². The molecule has 0 aromatic heterocycles. The SMILES string of the molecule is C1=CCC2=CN3CCCCC3=NC(c3ccccc3)C2=C1. The zero-order chi connectivity index (χ0) is 14.1. The van der Waals surface area contributed by atoms with E-state index in [4.69, 9.17) is 4.99 Å². The summed E-state index contributed by atoms with van der Waals surface area (Å²) in [6.45, 7) is 1.11. The summed E-state index contributed by atoms with van der Waals surface area (Å²) in [5.74, 6) is 1.26. The average molecular weight is 276 g/mol. The van der Waals surface area contributed by atoms with Gasteiger partial charge >= 0.3 is 0 Å². The first-order valence-corrected chi connectivity index (χ1v) is 7.88. The molecule has 0 bridgehead atoms. The molecular formula is C19H20N2. The van der Waals surface area contributed by atoms with E-state index >= 15 is 0 Å². The van der Waals surface area contributed by atoms with Crippen molar-refractivity contribution < 1.29 is 0 Å². The van der Waals surface area contributed by atoms with Gasteiger partial charge < -0.3 is 4.90 Å². The van der Waals surface area contributed by atoms with Crippen LogP contribution in [-0.4, -0.2) is 17.3 Å². The van der Waals surface area contributed by atoms with Gasteiger partial charge in [-0.3, -0.25) is 4.99 Å². The molecule has 1 atom stereocenters. The molecule has 4 rings (SSSR count). The Bertz CT molecular complexity index is 649. The molecule has 0 radical (unpaired) electrons. The predicted molar refractivity (Wildman–Crippen MR) is 87.1 cm³/mol. The molecule has 2 nitrogen and oxygen atoms in total. The van der Waals surface area contributed by atoms with E-state index in [0.29, 0.717) is 0 Å². The maximum absolute atomic E-state index is 5.14. The quantitative estimate of drug-likeness (QED) is 0.742. The molecule has 0 N–H and O–H groups in total. The first kappa shape index (κ1) is 12.6. The fourth-order valence-electron chi connectivity index (χ4n) is 3.40. The molecule has 2 heteroatoms. The number of aliphatic imine (C=N–C) groups is 1. The highest BCUT2D eigenvalue weighted by Gasteiger charge is 2.27. The van der Waals surface area contributed by atoms with E-state index in [9.17, 15) is 0 Å². The molecule has 0 amide bonds. The van der Waals surface area contributed by atoms with Crippen LogP contribution in [0.25, 0.3) is 0 Å². The van der Waals surface area contributed by atoms with Crippen LogP contribution in [0.1, 0.15) is 37.3 Å². The summed E-state index contributed by atoms with van der Waals surface area (Å²) in [7, 11) is 0. The Balaban J connectivity index is 1.84. The van der Waals surface area contributed by atoms with Crippen LogP contribution >= 0.6 is 0 Å². The van der Waals surface area contributed by atoms with Crippen molar-refractivity contribution >= 4 is 5.84 Å². The van der Waals surface area contributed by atoms with Crippen molar-refractivity contribution in [2.24, 2.45) is 4.99 Å². The third kappa shape index (κ3) is 2.35. The molecule has 106 valence electrons. The van der Waals surface area contributed by atoms with Crippen LogP contribution in [0.4, 0.5) is 0 Å². The van der Waals surface area contributed by atoms with Crippen LogP contribution in [0, 0.1) is 0 Å². The van der Waals surface area contributed by atoms with Crippen molar-refractivity contribution in [3.8, 4) is 0 Å². The Morgan fingerprint density at radius 1 is 1.10 bits per heavy atom. The van der Waals surface area contributed by atoms with Gasteiger partial charge in [0, 0.05) is 19.2 Å². The second-order valence-corrected chi connectivity index (χ2v) is 5.92. The van der Waals surface area contributed by atoms with E-state index in [2.05, 4.69) is 59.7 Å². The van der Waals surface area contributed by atoms with Crippen molar-refractivity contribution in [1.29, 1.82) is 0 Å². The van der Waals surface area contributed by atoms with Crippen LogP contribution in [0.3, 0.4) is 0 Å². The minimum atomic E-state index is 0.153. The molecule has 1 aliphatic carbocycles. The Morgan fingerprint density at radius 2 is 2.00 bits per heavy atom. The van der Waals surface area contributed by atoms with E-state index < -0.39 is 0 Å². The number of piperidine rings is 1. The molecule has 2 heterocycles. The minimum absolute atomic E-state index is 0.153. The second kappa shape index (κ2) is 5.36. The first-order valence-electron chi connectivity index (χ1n) is 7.88. The molecule has 2 aliphatic heterocycles. The van der Waals surface area contributed by atoms with Crippen LogP contribution in [0.5, 0.6) is 0 Å². The summed E-state index contributed by atoms with van der Waals surface area (Å²) in [5, 5.41) is 0. The van der Waals surface area contributed by atoms with Gasteiger partial charge in [-0.25, -0.2) is 0 Å². The smallest absolute Gasteiger partial charge is 0.104 e. The molecule has 21 heavy (non-hydrogen) atoms. The molecule has 1 saturated heterocycles. The van der Waals surface area contributed by atoms with Crippen molar-refractivity contribution in [2.45, 2.75) is 31.7 Å². The topological polar surface area (TPSA) is 15.6 Å². The van der Waals surface area contributed by atoms with Gasteiger partial charge in [-0.05, 0) is 36.0 Å². The standard InChI is InChI=1S/C19H20N2/c1-2-8-15(9-3-1)19-17-11-5-4-10-16(17)14-21-13-7-6-12-18(21)20-19/h1-5,8-9,11,14,19H,6-7,10,12-13H2. The lowest BCUT2D eigenvalue weighted by Gasteiger charge is -2.27. The Hall–Kier alpha value is -2.09. The summed E-state index contributed by atoms with van der Waals surface area (Å²) in [6.07, 6.45) is 13.7. The van der Waals surface area contributed by atoms with Gasteiger partial charge in [0.05, 0.1) is 0 Å². The number of allylic oxidation sites excluding steroid dienone is 3. The highest BCUT2D eigenvalue weighted by Crippen LogP contribution is 2.38. The minimum Gasteiger partial charge on any atom is -0.336 e. The van der Waals surface area contributed by atoms with Gasteiger partial charge in [0.2, 0.25) is 0 Å². The second-order valence-electron chi connectivity index (χ2n) is 5.92. The van der Waals surface area contributed by atoms with Crippen LogP contribution in [0.15, 0.2) is 70.9 Å². The highest BCUT2D eigenvalue weighted by molar-refractivity contribution is 5.85. The lowest BCUT2D eigenvalue weighted by atomic mass is 9.89. The van der Waals surface area contributed by atoms with Gasteiger partial charge in [0.15, 0.2) is 0 Å². The highest BCUT2D eigenvalue weighted by atomic mass is 15.2. The molecular weight excluding hydrogens is 256 g/mol. The number of benzene rings is 1. The molecule has 1 aromatic carbocycles. The summed E-state index contributed by atoms with van der Waals surface area (Å²) in [6, 6.07) is 10.9. The molecule has 1 unspecified atom stereocenters. The van der Waals surface area contributed by atoms with Crippen molar-refractivity contribution in [2.75, 3.05) is 6.54 Å². The number of rotatable bonds is 1. The van der Waals surface area contributed by atoms with Crippen LogP contribution < -0.4 is 0 Å². The molecule has 0 spiro atoms. The monoisotopic (exact) mass is 276 g/mol. The van der Waals surface area contributed by atoms with Gasteiger partial charge in [-0.1, -0.05) is 48.6 Å². The fourth-order valence-corrected chi connectivity index (χ4v) is 3.40. The van der Waals surface area contributed by atoms with Crippen molar-refractivity contribution in [3.05, 3.63) is 71.5 Å².